The Balaban J connectivity index is 1.66. The number of Topliss-reactive ketones (excluding diaryl/α,β-unsaturated/α-hetero) is 1. The Morgan fingerprint density at radius 1 is 0.919 bits per heavy atom. The van der Waals surface area contributed by atoms with Crippen LogP contribution in [0.25, 0.3) is 0 Å². The molecule has 0 bridgehead atoms. The quantitative estimate of drug-likeness (QED) is 0.354. The van der Waals surface area contributed by atoms with E-state index >= 15 is 0 Å². The maximum Gasteiger partial charge on any atom is 0.227 e. The number of hydrogen-bond donors (Lipinski definition) is 1. The molecule has 3 aromatic rings. The van der Waals surface area contributed by atoms with Gasteiger partial charge in [-0.3, -0.25) is 14.5 Å². The van der Waals surface area contributed by atoms with E-state index in [1.165, 1.54) is 0 Å². The number of allylic oxidation sites excluding steroid dienone is 1. The van der Waals surface area contributed by atoms with Crippen LogP contribution in [-0.4, -0.2) is 18.8 Å². The summed E-state index contributed by atoms with van der Waals surface area (Å²) in [5, 5.41) is 3.61. The summed E-state index contributed by atoms with van der Waals surface area (Å²) in [6.45, 7) is 2.14. The Labute approximate surface area is 219 Å². The monoisotopic (exact) mass is 494 g/mol. The molecule has 1 heterocycles. The Morgan fingerprint density at radius 3 is 2.38 bits per heavy atom. The number of carbonyl (C=O) groups is 2. The highest BCUT2D eigenvalue weighted by Gasteiger charge is 2.41. The number of ketones is 1. The van der Waals surface area contributed by atoms with E-state index in [9.17, 15) is 9.59 Å². The Hall–Kier alpha value is -3.86. The number of hydrogen-bond acceptors (Lipinski definition) is 4. The summed E-state index contributed by atoms with van der Waals surface area (Å²) < 4.78 is 5.40. The Bertz CT molecular complexity index is 1300. The zero-order chi connectivity index (χ0) is 25.8. The topological polar surface area (TPSA) is 58.6 Å². The molecular weight excluding hydrogens is 460 g/mol. The van der Waals surface area contributed by atoms with Crippen LogP contribution in [0.5, 0.6) is 5.75 Å². The molecule has 5 nitrogen and oxygen atoms in total. The first-order valence-corrected chi connectivity index (χ1v) is 13.2. The van der Waals surface area contributed by atoms with Gasteiger partial charge in [-0.25, -0.2) is 0 Å². The van der Waals surface area contributed by atoms with Crippen LogP contribution < -0.4 is 15.0 Å². The van der Waals surface area contributed by atoms with E-state index in [2.05, 4.69) is 24.4 Å². The summed E-state index contributed by atoms with van der Waals surface area (Å²) in [7, 11) is 1.64. The summed E-state index contributed by atoms with van der Waals surface area (Å²) in [6.07, 6.45) is 4.45. The highest BCUT2D eigenvalue weighted by molar-refractivity contribution is 6.06. The lowest BCUT2D eigenvalue weighted by Gasteiger charge is -2.35. The first-order chi connectivity index (χ1) is 18.1. The van der Waals surface area contributed by atoms with E-state index in [-0.39, 0.29) is 17.6 Å². The fourth-order valence-electron chi connectivity index (χ4n) is 5.57. The smallest absolute Gasteiger partial charge is 0.227 e. The van der Waals surface area contributed by atoms with Crippen molar-refractivity contribution in [3.8, 4) is 5.75 Å². The fraction of sp³-hybridized carbons (Fsp3) is 0.312. The number of benzene rings is 3. The minimum atomic E-state index is -0.504. The van der Waals surface area contributed by atoms with Gasteiger partial charge in [0.15, 0.2) is 5.78 Å². The number of rotatable bonds is 7. The van der Waals surface area contributed by atoms with Crippen LogP contribution in [0, 0.1) is 0 Å². The van der Waals surface area contributed by atoms with Crippen molar-refractivity contribution < 1.29 is 14.3 Å². The third-order valence-corrected chi connectivity index (χ3v) is 7.45. The molecule has 1 aliphatic carbocycles. The second kappa shape index (κ2) is 11.0. The largest absolute Gasteiger partial charge is 0.497 e. The van der Waals surface area contributed by atoms with Gasteiger partial charge in [0.25, 0.3) is 0 Å². The summed E-state index contributed by atoms with van der Waals surface area (Å²) in [6, 6.07) is 25.4. The summed E-state index contributed by atoms with van der Waals surface area (Å²) in [5.41, 5.74) is 5.33. The van der Waals surface area contributed by atoms with Crippen LogP contribution in [0.2, 0.25) is 0 Å². The molecule has 0 unspecified atom stereocenters. The van der Waals surface area contributed by atoms with Gasteiger partial charge >= 0.3 is 0 Å². The predicted molar refractivity (Wildman–Crippen MR) is 148 cm³/mol. The number of carbonyl (C=O) groups excluding carboxylic acids is 2. The summed E-state index contributed by atoms with van der Waals surface area (Å²) >= 11 is 0. The third kappa shape index (κ3) is 5.04. The van der Waals surface area contributed by atoms with Gasteiger partial charge in [-0.2, -0.15) is 0 Å². The second-order valence-corrected chi connectivity index (χ2v) is 9.87. The zero-order valence-electron chi connectivity index (χ0n) is 21.6. The minimum absolute atomic E-state index is 0.0373. The molecule has 0 saturated carbocycles. The molecule has 1 aliphatic heterocycles. The Morgan fingerprint density at radius 2 is 1.65 bits per heavy atom. The number of fused-ring (bicyclic) bond motifs is 1. The van der Waals surface area contributed by atoms with Crippen LogP contribution in [0.3, 0.4) is 0 Å². The van der Waals surface area contributed by atoms with Crippen molar-refractivity contribution in [2.24, 2.45) is 0 Å². The maximum absolute atomic E-state index is 14.0. The molecule has 37 heavy (non-hydrogen) atoms. The van der Waals surface area contributed by atoms with Gasteiger partial charge in [-0.1, -0.05) is 74.4 Å². The van der Waals surface area contributed by atoms with Gasteiger partial charge in [-0.05, 0) is 54.2 Å². The number of nitrogens with one attached hydrogen (secondary N) is 1. The average Bonchev–Trinajstić information content (AvgIpc) is 3.08. The molecule has 2 aliphatic rings. The van der Waals surface area contributed by atoms with E-state index < -0.39 is 6.04 Å². The van der Waals surface area contributed by atoms with Crippen LogP contribution in [0.15, 0.2) is 90.1 Å². The van der Waals surface area contributed by atoms with E-state index in [0.717, 1.165) is 53.2 Å². The van der Waals surface area contributed by atoms with Gasteiger partial charge in [0, 0.05) is 24.1 Å². The molecule has 5 heteroatoms. The molecule has 190 valence electrons. The van der Waals surface area contributed by atoms with Gasteiger partial charge in [0.05, 0.1) is 24.5 Å². The lowest BCUT2D eigenvalue weighted by molar-refractivity contribution is -0.119. The highest BCUT2D eigenvalue weighted by atomic mass is 16.5. The minimum Gasteiger partial charge on any atom is -0.497 e. The number of amides is 1. The lowest BCUT2D eigenvalue weighted by Crippen LogP contribution is -2.38. The number of para-hydroxylation sites is 2. The van der Waals surface area contributed by atoms with Crippen molar-refractivity contribution in [3.63, 3.8) is 0 Å². The predicted octanol–water partition coefficient (Wildman–Crippen LogP) is 7.18. The Kier molecular flexibility index (Phi) is 7.40. The van der Waals surface area contributed by atoms with Gasteiger partial charge in [0.1, 0.15) is 5.75 Å². The van der Waals surface area contributed by atoms with Crippen LogP contribution in [0.1, 0.15) is 68.5 Å². The van der Waals surface area contributed by atoms with Crippen molar-refractivity contribution in [1.82, 2.24) is 0 Å². The lowest BCUT2D eigenvalue weighted by atomic mass is 9.78. The van der Waals surface area contributed by atoms with Crippen LogP contribution in [0.4, 0.5) is 11.4 Å². The molecule has 3 aromatic carbocycles. The van der Waals surface area contributed by atoms with E-state index in [0.29, 0.717) is 24.8 Å². The molecule has 0 fully saturated rings. The van der Waals surface area contributed by atoms with Gasteiger partial charge in [0.2, 0.25) is 5.91 Å². The van der Waals surface area contributed by atoms with E-state index in [4.69, 9.17) is 4.74 Å². The van der Waals surface area contributed by atoms with Crippen molar-refractivity contribution in [2.75, 3.05) is 17.3 Å². The van der Waals surface area contributed by atoms with Gasteiger partial charge in [-0.15, -0.1) is 0 Å². The average molecular weight is 495 g/mol. The number of methoxy groups -OCH3 is 1. The zero-order valence-corrected chi connectivity index (χ0v) is 21.6. The molecule has 2 atom stereocenters. The molecule has 0 radical (unpaired) electrons. The molecule has 1 amide bonds. The standard InChI is InChI=1S/C32H34N2O3/c1-3-4-6-15-30(36)34-28-14-10-9-13-26(28)33-27-20-24(22-11-7-5-8-12-22)21-29(35)31(27)32(34)23-16-18-25(37-2)19-17-23/h5,7-14,16-19,24,32-33H,3-4,6,15,20-21H2,1-2H3/t24-,32+/m1/s1. The molecule has 5 rings (SSSR count). The number of unbranched alkanes of at least 4 members (excludes halogenated alkanes) is 2. The molecule has 0 spiro atoms. The van der Waals surface area contributed by atoms with Crippen molar-refractivity contribution in [3.05, 3.63) is 101 Å². The van der Waals surface area contributed by atoms with E-state index in [1.54, 1.807) is 7.11 Å². The van der Waals surface area contributed by atoms with Gasteiger partial charge < -0.3 is 10.1 Å². The van der Waals surface area contributed by atoms with Crippen molar-refractivity contribution in [2.45, 2.75) is 57.4 Å². The number of anilines is 2. The molecule has 1 N–H and O–H groups in total. The van der Waals surface area contributed by atoms with Crippen LogP contribution >= 0.6 is 0 Å². The summed E-state index contributed by atoms with van der Waals surface area (Å²) in [5.74, 6) is 0.957. The van der Waals surface area contributed by atoms with Crippen molar-refractivity contribution >= 4 is 23.1 Å². The normalized spacial score (nSPS) is 19.0. The molecular formula is C32H34N2O3. The second-order valence-electron chi connectivity index (χ2n) is 9.87. The first kappa shape index (κ1) is 24.8. The number of nitrogens with zero attached hydrogens (tertiary/aromatic N) is 1. The first-order valence-electron chi connectivity index (χ1n) is 13.2. The fourth-order valence-corrected chi connectivity index (χ4v) is 5.57. The third-order valence-electron chi connectivity index (χ3n) is 7.45. The summed E-state index contributed by atoms with van der Waals surface area (Å²) in [4.78, 5) is 29.8. The van der Waals surface area contributed by atoms with Crippen molar-refractivity contribution in [1.29, 1.82) is 0 Å². The van der Waals surface area contributed by atoms with E-state index in [1.807, 2.05) is 71.6 Å². The maximum atomic E-state index is 14.0. The number of ether oxygens (including phenoxy) is 1. The SMILES string of the molecule is CCCCCC(=O)N1c2ccccc2NC2=C(C(=O)C[C@H](c3ccccc3)C2)[C@@H]1c1ccc(OC)cc1. The molecule has 0 saturated heterocycles. The highest BCUT2D eigenvalue weighted by Crippen LogP contribution is 2.47. The molecule has 0 aromatic heterocycles. The van der Waals surface area contributed by atoms with Crippen LogP contribution in [-0.2, 0) is 9.59 Å².